The number of nitrogens with zero attached hydrogens (tertiary/aromatic N) is 2. The Kier molecular flexibility index (Phi) is 3.16. The minimum absolute atomic E-state index is 0.691. The first-order valence-corrected chi connectivity index (χ1v) is 5.75. The fourth-order valence-corrected chi connectivity index (χ4v) is 1.81. The van der Waals surface area contributed by atoms with Crippen molar-refractivity contribution in [3.05, 3.63) is 28.9 Å². The predicted molar refractivity (Wildman–Crippen MR) is 66.0 cm³/mol. The number of para-hydroxylation sites is 1. The van der Waals surface area contributed by atoms with Crippen LogP contribution in [0.5, 0.6) is 0 Å². The molecule has 0 saturated heterocycles. The predicted octanol–water partition coefficient (Wildman–Crippen LogP) is 3.21. The average molecular weight is 266 g/mol. The minimum Gasteiger partial charge on any atom is -0.354 e. The van der Waals surface area contributed by atoms with Crippen molar-refractivity contribution in [2.75, 3.05) is 11.9 Å². The molecule has 1 N–H and O–H groups in total. The van der Waals surface area contributed by atoms with Crippen LogP contribution in [0.2, 0.25) is 0 Å². The van der Waals surface area contributed by atoms with Crippen LogP contribution >= 0.6 is 15.9 Å². The van der Waals surface area contributed by atoms with E-state index < -0.39 is 0 Å². The van der Waals surface area contributed by atoms with Gasteiger partial charge in [0.15, 0.2) is 0 Å². The molecule has 0 aliphatic heterocycles. The second-order valence-corrected chi connectivity index (χ2v) is 4.15. The van der Waals surface area contributed by atoms with Gasteiger partial charge in [-0.1, -0.05) is 19.1 Å². The van der Waals surface area contributed by atoms with Crippen molar-refractivity contribution in [3.8, 4) is 0 Å². The fourth-order valence-electron chi connectivity index (χ4n) is 1.34. The summed E-state index contributed by atoms with van der Waals surface area (Å²) in [7, 11) is 0. The van der Waals surface area contributed by atoms with E-state index in [9.17, 15) is 0 Å². The molecule has 78 valence electrons. The standard InChI is InChI=1S/C11H12BrN3/c1-2-6-13-11-14-7-8-4-3-5-9(12)10(8)15-11/h3-5,7H,2,6H2,1H3,(H,13,14,15). The van der Waals surface area contributed by atoms with Crippen molar-refractivity contribution >= 4 is 32.8 Å². The van der Waals surface area contributed by atoms with Crippen molar-refractivity contribution in [3.63, 3.8) is 0 Å². The van der Waals surface area contributed by atoms with E-state index in [1.807, 2.05) is 24.4 Å². The van der Waals surface area contributed by atoms with Gasteiger partial charge in [-0.15, -0.1) is 0 Å². The Bertz CT molecular complexity index is 470. The number of hydrogen-bond donors (Lipinski definition) is 1. The average Bonchev–Trinajstić information content (AvgIpc) is 2.27. The Morgan fingerprint density at radius 1 is 1.40 bits per heavy atom. The fraction of sp³-hybridized carbons (Fsp3) is 0.273. The third kappa shape index (κ3) is 2.26. The molecule has 1 aromatic carbocycles. The zero-order valence-electron chi connectivity index (χ0n) is 8.50. The van der Waals surface area contributed by atoms with Crippen molar-refractivity contribution in [2.45, 2.75) is 13.3 Å². The zero-order valence-corrected chi connectivity index (χ0v) is 10.1. The van der Waals surface area contributed by atoms with E-state index in [2.05, 4.69) is 38.1 Å². The van der Waals surface area contributed by atoms with Crippen LogP contribution in [0.25, 0.3) is 10.9 Å². The summed E-state index contributed by atoms with van der Waals surface area (Å²) in [5, 5.41) is 4.22. The monoisotopic (exact) mass is 265 g/mol. The SMILES string of the molecule is CCCNc1ncc2cccc(Br)c2n1. The maximum atomic E-state index is 4.44. The molecular formula is C11H12BrN3. The van der Waals surface area contributed by atoms with Gasteiger partial charge in [0.05, 0.1) is 5.52 Å². The third-order valence-electron chi connectivity index (χ3n) is 2.09. The maximum Gasteiger partial charge on any atom is 0.223 e. The quantitative estimate of drug-likeness (QED) is 0.926. The van der Waals surface area contributed by atoms with Crippen LogP contribution in [0.3, 0.4) is 0 Å². The van der Waals surface area contributed by atoms with Crippen molar-refractivity contribution in [1.29, 1.82) is 0 Å². The van der Waals surface area contributed by atoms with Crippen LogP contribution in [-0.2, 0) is 0 Å². The lowest BCUT2D eigenvalue weighted by molar-refractivity contribution is 0.957. The van der Waals surface area contributed by atoms with Crippen molar-refractivity contribution in [2.24, 2.45) is 0 Å². The van der Waals surface area contributed by atoms with Crippen LogP contribution < -0.4 is 5.32 Å². The van der Waals surface area contributed by atoms with Gasteiger partial charge in [-0.3, -0.25) is 0 Å². The molecule has 2 rings (SSSR count). The molecule has 2 aromatic rings. The number of halogens is 1. The Morgan fingerprint density at radius 2 is 2.27 bits per heavy atom. The van der Waals surface area contributed by atoms with E-state index in [0.717, 1.165) is 28.3 Å². The molecule has 0 fully saturated rings. The molecule has 0 aliphatic carbocycles. The van der Waals surface area contributed by atoms with Gasteiger partial charge in [0.1, 0.15) is 0 Å². The van der Waals surface area contributed by atoms with Crippen LogP contribution in [-0.4, -0.2) is 16.5 Å². The summed E-state index contributed by atoms with van der Waals surface area (Å²) in [6.07, 6.45) is 2.91. The lowest BCUT2D eigenvalue weighted by Gasteiger charge is -2.04. The molecule has 0 bridgehead atoms. The number of aromatic nitrogens is 2. The number of rotatable bonds is 3. The largest absolute Gasteiger partial charge is 0.354 e. The Morgan fingerprint density at radius 3 is 3.07 bits per heavy atom. The van der Waals surface area contributed by atoms with E-state index in [1.165, 1.54) is 0 Å². The molecule has 0 spiro atoms. The van der Waals surface area contributed by atoms with Gasteiger partial charge >= 0.3 is 0 Å². The van der Waals surface area contributed by atoms with Crippen LogP contribution in [0.1, 0.15) is 13.3 Å². The van der Waals surface area contributed by atoms with Crippen LogP contribution in [0, 0.1) is 0 Å². The summed E-state index contributed by atoms with van der Waals surface area (Å²) < 4.78 is 1.00. The summed E-state index contributed by atoms with van der Waals surface area (Å²) in [5.74, 6) is 0.691. The first-order chi connectivity index (χ1) is 7.31. The molecular weight excluding hydrogens is 254 g/mol. The number of nitrogens with one attached hydrogen (secondary N) is 1. The topological polar surface area (TPSA) is 37.8 Å². The van der Waals surface area contributed by atoms with Gasteiger partial charge in [-0.05, 0) is 28.4 Å². The van der Waals surface area contributed by atoms with E-state index in [0.29, 0.717) is 5.95 Å². The molecule has 1 aromatic heterocycles. The molecule has 3 nitrogen and oxygen atoms in total. The van der Waals surface area contributed by atoms with Crippen LogP contribution in [0.4, 0.5) is 5.95 Å². The second kappa shape index (κ2) is 4.57. The highest BCUT2D eigenvalue weighted by Crippen LogP contribution is 2.21. The van der Waals surface area contributed by atoms with Gasteiger partial charge in [-0.2, -0.15) is 0 Å². The molecule has 0 unspecified atom stereocenters. The van der Waals surface area contributed by atoms with E-state index >= 15 is 0 Å². The lowest BCUT2D eigenvalue weighted by atomic mass is 10.2. The maximum absolute atomic E-state index is 4.44. The summed E-state index contributed by atoms with van der Waals surface area (Å²) in [5.41, 5.74) is 0.950. The Labute approximate surface area is 97.1 Å². The lowest BCUT2D eigenvalue weighted by Crippen LogP contribution is -2.03. The highest BCUT2D eigenvalue weighted by Gasteiger charge is 2.01. The molecule has 1 heterocycles. The number of anilines is 1. The number of benzene rings is 1. The van der Waals surface area contributed by atoms with Crippen LogP contribution in [0.15, 0.2) is 28.9 Å². The Balaban J connectivity index is 2.41. The molecule has 4 heteroatoms. The van der Waals surface area contributed by atoms with Crippen molar-refractivity contribution < 1.29 is 0 Å². The summed E-state index contributed by atoms with van der Waals surface area (Å²) in [6, 6.07) is 5.97. The third-order valence-corrected chi connectivity index (χ3v) is 2.73. The smallest absolute Gasteiger partial charge is 0.223 e. The normalized spacial score (nSPS) is 10.5. The second-order valence-electron chi connectivity index (χ2n) is 3.30. The summed E-state index contributed by atoms with van der Waals surface area (Å²) >= 11 is 3.48. The first-order valence-electron chi connectivity index (χ1n) is 4.96. The molecule has 0 amide bonds. The van der Waals surface area contributed by atoms with Gasteiger partial charge in [-0.25, -0.2) is 9.97 Å². The van der Waals surface area contributed by atoms with E-state index in [1.54, 1.807) is 0 Å². The highest BCUT2D eigenvalue weighted by atomic mass is 79.9. The molecule has 15 heavy (non-hydrogen) atoms. The molecule has 0 atom stereocenters. The Hall–Kier alpha value is -1.16. The number of hydrogen-bond acceptors (Lipinski definition) is 3. The highest BCUT2D eigenvalue weighted by molar-refractivity contribution is 9.10. The van der Waals surface area contributed by atoms with Crippen molar-refractivity contribution in [1.82, 2.24) is 9.97 Å². The number of fused-ring (bicyclic) bond motifs is 1. The summed E-state index contributed by atoms with van der Waals surface area (Å²) in [4.78, 5) is 8.69. The molecule has 0 aliphatic rings. The van der Waals surface area contributed by atoms with Gasteiger partial charge in [0.2, 0.25) is 5.95 Å². The minimum atomic E-state index is 0.691. The molecule has 0 saturated carbocycles. The van der Waals surface area contributed by atoms with E-state index in [4.69, 9.17) is 0 Å². The van der Waals surface area contributed by atoms with Gasteiger partial charge in [0, 0.05) is 22.6 Å². The van der Waals surface area contributed by atoms with Gasteiger partial charge in [0.25, 0.3) is 0 Å². The van der Waals surface area contributed by atoms with Gasteiger partial charge < -0.3 is 5.32 Å². The summed E-state index contributed by atoms with van der Waals surface area (Å²) in [6.45, 7) is 3.01. The first kappa shape index (κ1) is 10.4. The zero-order chi connectivity index (χ0) is 10.7. The molecule has 0 radical (unpaired) electrons. The van der Waals surface area contributed by atoms with E-state index in [-0.39, 0.29) is 0 Å².